The van der Waals surface area contributed by atoms with Crippen molar-refractivity contribution in [3.8, 4) is 17.2 Å². The topological polar surface area (TPSA) is 78.0 Å². The summed E-state index contributed by atoms with van der Waals surface area (Å²) in [5, 5.41) is 13.7. The van der Waals surface area contributed by atoms with E-state index < -0.39 is 0 Å². The summed E-state index contributed by atoms with van der Waals surface area (Å²) in [6.07, 6.45) is 12.3. The molecule has 0 amide bonds. The van der Waals surface area contributed by atoms with Crippen LogP contribution in [0.3, 0.4) is 0 Å². The summed E-state index contributed by atoms with van der Waals surface area (Å²) >= 11 is 0. The Morgan fingerprint density at radius 1 is 1.06 bits per heavy atom. The molecule has 1 fully saturated rings. The summed E-state index contributed by atoms with van der Waals surface area (Å²) < 4.78 is 0. The molecule has 5 nitrogen and oxygen atoms in total. The maximum atomic E-state index is 10.00. The van der Waals surface area contributed by atoms with Gasteiger partial charge in [0.2, 0.25) is 0 Å². The van der Waals surface area contributed by atoms with E-state index >= 15 is 0 Å². The van der Waals surface area contributed by atoms with Gasteiger partial charge in [-0.05, 0) is 145 Å². The lowest BCUT2D eigenvalue weighted by Gasteiger charge is -2.19. The Bertz CT molecular complexity index is 1800. The normalized spacial score (nSPS) is 13.9. The van der Waals surface area contributed by atoms with Crippen molar-refractivity contribution in [1.82, 2.24) is 9.88 Å². The van der Waals surface area contributed by atoms with Crippen molar-refractivity contribution in [3.05, 3.63) is 130 Å². The van der Waals surface area contributed by atoms with Crippen LogP contribution in [0.1, 0.15) is 102 Å². The van der Waals surface area contributed by atoms with Gasteiger partial charge in [-0.1, -0.05) is 75.7 Å². The third kappa shape index (κ3) is 8.24. The number of nitrogens with zero attached hydrogens (tertiary/aromatic N) is 3. The molecule has 0 spiro atoms. The number of nitrogens with two attached hydrogens (primary N) is 1. The number of anilines is 1. The Hall–Kier alpha value is -4.66. The van der Waals surface area contributed by atoms with E-state index in [-0.39, 0.29) is 0 Å². The number of rotatable bonds is 14. The fourth-order valence-corrected chi connectivity index (χ4v) is 6.98. The lowest BCUT2D eigenvalue weighted by molar-refractivity contribution is 0.331. The third-order valence-corrected chi connectivity index (χ3v) is 9.95. The minimum absolute atomic E-state index is 0.469. The standard InChI is InChI=1S/C43H51N5/c1-6-7-12-30(2)38-25-36(19-20-44)43(46-27-38)28-47-42-16-11-15-41(33(42)5)40-14-10-13-39(32(40)4)31(3)23-35-18-17-34(24-37(35)26-45)29-48-21-8-9-22-48/h10-11,13-20,24-25,27,30,47H,3,6-9,12,21-23,28-29,44H2,1-2,4-5H3/b20-19-. The Morgan fingerprint density at radius 3 is 2.54 bits per heavy atom. The van der Waals surface area contributed by atoms with Gasteiger partial charge in [0.1, 0.15) is 0 Å². The first-order valence-electron chi connectivity index (χ1n) is 17.6. The van der Waals surface area contributed by atoms with Crippen LogP contribution in [-0.4, -0.2) is 23.0 Å². The number of aromatic nitrogens is 1. The Labute approximate surface area is 288 Å². The van der Waals surface area contributed by atoms with Gasteiger partial charge in [0.15, 0.2) is 0 Å². The number of benzene rings is 3. The number of unbranched alkanes of at least 4 members (excludes halogenated alkanes) is 1. The molecule has 5 rings (SSSR count). The van der Waals surface area contributed by atoms with Crippen LogP contribution in [0.2, 0.25) is 0 Å². The quantitative estimate of drug-likeness (QED) is 0.144. The van der Waals surface area contributed by atoms with E-state index in [1.807, 2.05) is 12.3 Å². The van der Waals surface area contributed by atoms with Crippen molar-refractivity contribution < 1.29 is 0 Å². The van der Waals surface area contributed by atoms with Crippen LogP contribution in [0, 0.1) is 25.2 Å². The molecule has 1 aliphatic heterocycles. The first-order chi connectivity index (χ1) is 23.3. The van der Waals surface area contributed by atoms with Gasteiger partial charge in [0, 0.05) is 18.4 Å². The highest BCUT2D eigenvalue weighted by Crippen LogP contribution is 2.35. The molecule has 1 atom stereocenters. The molecule has 1 aliphatic rings. The van der Waals surface area contributed by atoms with E-state index in [0.29, 0.717) is 18.9 Å². The van der Waals surface area contributed by atoms with Crippen LogP contribution in [0.5, 0.6) is 0 Å². The average molecular weight is 638 g/mol. The maximum absolute atomic E-state index is 10.00. The second-order valence-corrected chi connectivity index (χ2v) is 13.4. The molecule has 2 heterocycles. The van der Waals surface area contributed by atoms with E-state index in [9.17, 15) is 5.26 Å². The zero-order valence-corrected chi connectivity index (χ0v) is 29.3. The fraction of sp³-hybridized carbons (Fsp3) is 0.349. The predicted molar refractivity (Wildman–Crippen MR) is 202 cm³/mol. The first kappa shape index (κ1) is 34.7. The Kier molecular flexibility index (Phi) is 11.9. The van der Waals surface area contributed by atoms with Crippen molar-refractivity contribution in [3.63, 3.8) is 0 Å². The molecule has 1 unspecified atom stereocenters. The zero-order valence-electron chi connectivity index (χ0n) is 29.3. The van der Waals surface area contributed by atoms with E-state index in [0.717, 1.165) is 65.3 Å². The molecule has 4 aromatic rings. The van der Waals surface area contributed by atoms with E-state index in [4.69, 9.17) is 10.7 Å². The monoisotopic (exact) mass is 637 g/mol. The number of nitriles is 1. The lowest BCUT2D eigenvalue weighted by atomic mass is 9.88. The maximum Gasteiger partial charge on any atom is 0.0994 e. The highest BCUT2D eigenvalue weighted by molar-refractivity contribution is 5.81. The number of likely N-dealkylation sites (tertiary alicyclic amines) is 1. The molecule has 248 valence electrons. The van der Waals surface area contributed by atoms with Crippen molar-refractivity contribution in [2.75, 3.05) is 18.4 Å². The smallest absolute Gasteiger partial charge is 0.0994 e. The summed E-state index contributed by atoms with van der Waals surface area (Å²) in [5.41, 5.74) is 20.1. The number of nitrogens with one attached hydrogen (secondary N) is 1. The fourth-order valence-electron chi connectivity index (χ4n) is 6.98. The average Bonchev–Trinajstić information content (AvgIpc) is 3.61. The van der Waals surface area contributed by atoms with Gasteiger partial charge >= 0.3 is 0 Å². The number of pyridine rings is 1. The van der Waals surface area contributed by atoms with Crippen molar-refractivity contribution in [2.24, 2.45) is 5.73 Å². The lowest BCUT2D eigenvalue weighted by Crippen LogP contribution is -2.18. The summed E-state index contributed by atoms with van der Waals surface area (Å²) in [5.74, 6) is 0.469. The SMILES string of the molecule is C=C(Cc1ccc(CN2CCCC2)cc1C#N)c1cccc(-c2cccc(NCc3ncc(C(C)CCCC)cc3/C=C\N)c2C)c1C. The first-order valence-corrected chi connectivity index (χ1v) is 17.6. The Morgan fingerprint density at radius 2 is 1.81 bits per heavy atom. The van der Waals surface area contributed by atoms with Gasteiger partial charge in [-0.3, -0.25) is 9.88 Å². The predicted octanol–water partition coefficient (Wildman–Crippen LogP) is 9.92. The van der Waals surface area contributed by atoms with Crippen molar-refractivity contribution >= 4 is 17.3 Å². The van der Waals surface area contributed by atoms with Gasteiger partial charge in [-0.2, -0.15) is 5.26 Å². The second kappa shape index (κ2) is 16.4. The molecule has 0 saturated carbocycles. The molecule has 0 aliphatic carbocycles. The van der Waals surface area contributed by atoms with Crippen LogP contribution in [0.15, 0.2) is 79.6 Å². The van der Waals surface area contributed by atoms with Gasteiger partial charge < -0.3 is 11.1 Å². The van der Waals surface area contributed by atoms with Crippen LogP contribution in [-0.2, 0) is 19.5 Å². The molecule has 5 heteroatoms. The van der Waals surface area contributed by atoms with Crippen molar-refractivity contribution in [1.29, 1.82) is 5.26 Å². The summed E-state index contributed by atoms with van der Waals surface area (Å²) in [4.78, 5) is 7.34. The highest BCUT2D eigenvalue weighted by atomic mass is 15.1. The van der Waals surface area contributed by atoms with Gasteiger partial charge in [0.05, 0.1) is 23.9 Å². The molecule has 0 radical (unpaired) electrons. The number of allylic oxidation sites excluding steroid dienone is 1. The minimum atomic E-state index is 0.469. The number of hydrogen-bond acceptors (Lipinski definition) is 5. The summed E-state index contributed by atoms with van der Waals surface area (Å²) in [6, 6.07) is 24.0. The third-order valence-electron chi connectivity index (χ3n) is 9.95. The Balaban J connectivity index is 1.33. The summed E-state index contributed by atoms with van der Waals surface area (Å²) in [6.45, 7) is 17.2. The van der Waals surface area contributed by atoms with Gasteiger partial charge in [0.25, 0.3) is 0 Å². The van der Waals surface area contributed by atoms with E-state index in [1.165, 1.54) is 59.1 Å². The second-order valence-electron chi connectivity index (χ2n) is 13.4. The molecular formula is C43H51N5. The van der Waals surface area contributed by atoms with Gasteiger partial charge in [-0.15, -0.1) is 0 Å². The van der Waals surface area contributed by atoms with Crippen LogP contribution < -0.4 is 11.1 Å². The largest absolute Gasteiger partial charge is 0.405 e. The van der Waals surface area contributed by atoms with E-state index in [1.54, 1.807) is 6.20 Å². The van der Waals surface area contributed by atoms with Crippen LogP contribution in [0.25, 0.3) is 22.8 Å². The molecule has 48 heavy (non-hydrogen) atoms. The zero-order chi connectivity index (χ0) is 34.0. The molecule has 3 N–H and O–H groups in total. The molecule has 1 aromatic heterocycles. The molecule has 3 aromatic carbocycles. The van der Waals surface area contributed by atoms with Crippen LogP contribution >= 0.6 is 0 Å². The molecule has 0 bridgehead atoms. The highest BCUT2D eigenvalue weighted by Gasteiger charge is 2.16. The van der Waals surface area contributed by atoms with Crippen molar-refractivity contribution in [2.45, 2.75) is 85.2 Å². The minimum Gasteiger partial charge on any atom is -0.405 e. The number of hydrogen-bond donors (Lipinski definition) is 2. The molecule has 1 saturated heterocycles. The molecular weight excluding hydrogens is 587 g/mol. The van der Waals surface area contributed by atoms with E-state index in [2.05, 4.69) is 111 Å². The summed E-state index contributed by atoms with van der Waals surface area (Å²) in [7, 11) is 0. The van der Waals surface area contributed by atoms with Crippen LogP contribution in [0.4, 0.5) is 5.69 Å². The van der Waals surface area contributed by atoms with Gasteiger partial charge in [-0.25, -0.2) is 0 Å².